The number of nitrogens with zero attached hydrogens (tertiary/aromatic N) is 2. The molecule has 0 spiro atoms. The van der Waals surface area contributed by atoms with E-state index < -0.39 is 5.97 Å². The van der Waals surface area contributed by atoms with Crippen LogP contribution in [0.4, 0.5) is 5.82 Å². The second kappa shape index (κ2) is 6.30. The SMILES string of the molecule is CCOC(=O)c1nc(CC)n(Cc2cc(C)c(C)s2)c1N. The smallest absolute Gasteiger partial charge is 0.360 e. The van der Waals surface area contributed by atoms with E-state index in [1.807, 2.05) is 11.5 Å². The first-order valence-electron chi connectivity index (χ1n) is 7.05. The summed E-state index contributed by atoms with van der Waals surface area (Å²) in [7, 11) is 0. The number of hydrogen-bond donors (Lipinski definition) is 1. The van der Waals surface area contributed by atoms with E-state index in [-0.39, 0.29) is 5.69 Å². The first-order valence-corrected chi connectivity index (χ1v) is 7.87. The van der Waals surface area contributed by atoms with Crippen molar-refractivity contribution in [3.8, 4) is 0 Å². The van der Waals surface area contributed by atoms with Crippen LogP contribution in [0, 0.1) is 13.8 Å². The minimum absolute atomic E-state index is 0.221. The molecular formula is C15H21N3O2S. The number of imidazole rings is 1. The number of aromatic nitrogens is 2. The molecule has 0 aliphatic heterocycles. The second-order valence-corrected chi connectivity index (χ2v) is 6.21. The summed E-state index contributed by atoms with van der Waals surface area (Å²) in [5.41, 5.74) is 7.60. The van der Waals surface area contributed by atoms with Gasteiger partial charge in [-0.2, -0.15) is 0 Å². The molecule has 5 nitrogen and oxygen atoms in total. The van der Waals surface area contributed by atoms with Crippen molar-refractivity contribution in [3.63, 3.8) is 0 Å². The average Bonchev–Trinajstić information content (AvgIpc) is 2.92. The Morgan fingerprint density at radius 1 is 1.43 bits per heavy atom. The molecule has 2 rings (SSSR count). The fraction of sp³-hybridized carbons (Fsp3) is 0.467. The van der Waals surface area contributed by atoms with Gasteiger partial charge in [0, 0.05) is 16.2 Å². The molecule has 0 fully saturated rings. The molecule has 0 bridgehead atoms. The molecule has 0 radical (unpaired) electrons. The second-order valence-electron chi connectivity index (χ2n) is 4.87. The van der Waals surface area contributed by atoms with E-state index in [2.05, 4.69) is 24.9 Å². The molecule has 21 heavy (non-hydrogen) atoms. The summed E-state index contributed by atoms with van der Waals surface area (Å²) >= 11 is 1.74. The van der Waals surface area contributed by atoms with Crippen molar-refractivity contribution in [1.29, 1.82) is 0 Å². The number of hydrogen-bond acceptors (Lipinski definition) is 5. The molecule has 2 N–H and O–H groups in total. The quantitative estimate of drug-likeness (QED) is 0.862. The van der Waals surface area contributed by atoms with Crippen molar-refractivity contribution < 1.29 is 9.53 Å². The molecule has 2 aromatic heterocycles. The summed E-state index contributed by atoms with van der Waals surface area (Å²) in [6.07, 6.45) is 0.715. The van der Waals surface area contributed by atoms with Crippen molar-refractivity contribution >= 4 is 23.1 Å². The highest BCUT2D eigenvalue weighted by atomic mass is 32.1. The highest BCUT2D eigenvalue weighted by molar-refractivity contribution is 7.12. The van der Waals surface area contributed by atoms with Crippen LogP contribution < -0.4 is 5.73 Å². The van der Waals surface area contributed by atoms with Crippen LogP contribution in [-0.2, 0) is 17.7 Å². The van der Waals surface area contributed by atoms with Crippen LogP contribution in [-0.4, -0.2) is 22.1 Å². The van der Waals surface area contributed by atoms with Gasteiger partial charge in [-0.15, -0.1) is 11.3 Å². The van der Waals surface area contributed by atoms with E-state index in [9.17, 15) is 4.79 Å². The maximum atomic E-state index is 11.9. The Labute approximate surface area is 128 Å². The Morgan fingerprint density at radius 2 is 2.14 bits per heavy atom. The van der Waals surface area contributed by atoms with E-state index in [1.54, 1.807) is 18.3 Å². The van der Waals surface area contributed by atoms with Gasteiger partial charge in [0.1, 0.15) is 11.6 Å². The van der Waals surface area contributed by atoms with Crippen LogP contribution in [0.1, 0.15) is 45.5 Å². The topological polar surface area (TPSA) is 70.1 Å². The summed E-state index contributed by atoms with van der Waals surface area (Å²) < 4.78 is 6.90. The molecular weight excluding hydrogens is 286 g/mol. The van der Waals surface area contributed by atoms with E-state index in [4.69, 9.17) is 10.5 Å². The molecule has 114 valence electrons. The predicted molar refractivity (Wildman–Crippen MR) is 84.9 cm³/mol. The van der Waals surface area contributed by atoms with Crippen LogP contribution in [0.2, 0.25) is 0 Å². The molecule has 0 atom stereocenters. The molecule has 0 saturated carbocycles. The number of ether oxygens (including phenoxy) is 1. The number of aryl methyl sites for hydroxylation is 3. The molecule has 0 aromatic carbocycles. The fourth-order valence-corrected chi connectivity index (χ4v) is 3.24. The number of thiophene rings is 1. The van der Waals surface area contributed by atoms with Crippen molar-refractivity contribution in [2.24, 2.45) is 0 Å². The van der Waals surface area contributed by atoms with Gasteiger partial charge in [0.15, 0.2) is 5.69 Å². The van der Waals surface area contributed by atoms with E-state index >= 15 is 0 Å². The van der Waals surface area contributed by atoms with E-state index in [0.717, 1.165) is 5.82 Å². The van der Waals surface area contributed by atoms with Gasteiger partial charge in [0.2, 0.25) is 0 Å². The van der Waals surface area contributed by atoms with Crippen molar-refractivity contribution in [2.75, 3.05) is 12.3 Å². The molecule has 2 aromatic rings. The Bertz CT molecular complexity index is 639. The largest absolute Gasteiger partial charge is 0.461 e. The Kier molecular flexibility index (Phi) is 4.67. The van der Waals surface area contributed by atoms with Gasteiger partial charge in [0.05, 0.1) is 13.2 Å². The van der Waals surface area contributed by atoms with E-state index in [0.29, 0.717) is 25.4 Å². The standard InChI is InChI=1S/C15H21N3O2S/c1-5-12-17-13(15(19)20-6-2)14(16)18(12)8-11-7-9(3)10(4)21-11/h7H,5-6,8,16H2,1-4H3. The summed E-state index contributed by atoms with van der Waals surface area (Å²) in [5, 5.41) is 0. The lowest BCUT2D eigenvalue weighted by Gasteiger charge is -2.07. The number of carbonyl (C=O) groups excluding carboxylic acids is 1. The zero-order chi connectivity index (χ0) is 15.6. The van der Waals surface area contributed by atoms with Crippen LogP contribution in [0.15, 0.2) is 6.07 Å². The molecule has 0 aliphatic carbocycles. The van der Waals surface area contributed by atoms with Gasteiger partial charge in [0.25, 0.3) is 0 Å². The van der Waals surface area contributed by atoms with Gasteiger partial charge < -0.3 is 15.0 Å². The minimum Gasteiger partial charge on any atom is -0.461 e. The molecule has 2 heterocycles. The highest BCUT2D eigenvalue weighted by Gasteiger charge is 2.21. The van der Waals surface area contributed by atoms with Gasteiger partial charge in [-0.25, -0.2) is 9.78 Å². The minimum atomic E-state index is -0.456. The maximum Gasteiger partial charge on any atom is 0.360 e. The monoisotopic (exact) mass is 307 g/mol. The lowest BCUT2D eigenvalue weighted by atomic mass is 10.3. The number of nitrogens with two attached hydrogens (primary N) is 1. The van der Waals surface area contributed by atoms with Crippen molar-refractivity contribution in [1.82, 2.24) is 9.55 Å². The summed E-state index contributed by atoms with van der Waals surface area (Å²) in [4.78, 5) is 18.7. The number of carbonyl (C=O) groups is 1. The van der Waals surface area contributed by atoms with Gasteiger partial charge in [-0.1, -0.05) is 6.92 Å². The number of rotatable bonds is 5. The maximum absolute atomic E-state index is 11.9. The van der Waals surface area contributed by atoms with E-state index in [1.165, 1.54) is 15.3 Å². The van der Waals surface area contributed by atoms with Crippen LogP contribution in [0.5, 0.6) is 0 Å². The van der Waals surface area contributed by atoms with Gasteiger partial charge in [-0.05, 0) is 32.4 Å². The third-order valence-electron chi connectivity index (χ3n) is 3.40. The average molecular weight is 307 g/mol. The van der Waals surface area contributed by atoms with Gasteiger partial charge >= 0.3 is 5.97 Å². The third kappa shape index (κ3) is 3.10. The molecule has 6 heteroatoms. The Hall–Kier alpha value is -1.82. The third-order valence-corrected chi connectivity index (χ3v) is 4.54. The van der Waals surface area contributed by atoms with Crippen LogP contribution in [0.25, 0.3) is 0 Å². The van der Waals surface area contributed by atoms with Crippen molar-refractivity contribution in [3.05, 3.63) is 32.9 Å². The normalized spacial score (nSPS) is 10.9. The summed E-state index contributed by atoms with van der Waals surface area (Å²) in [5.74, 6) is 0.732. The molecule has 0 unspecified atom stereocenters. The molecule has 0 saturated heterocycles. The van der Waals surface area contributed by atoms with Crippen molar-refractivity contribution in [2.45, 2.75) is 40.7 Å². The zero-order valence-corrected chi connectivity index (χ0v) is 13.7. The number of anilines is 1. The number of nitrogen functional groups attached to an aromatic ring is 1. The van der Waals surface area contributed by atoms with Crippen LogP contribution >= 0.6 is 11.3 Å². The number of esters is 1. The Balaban J connectivity index is 2.36. The lowest BCUT2D eigenvalue weighted by Crippen LogP contribution is -2.10. The molecule has 0 amide bonds. The first-order chi connectivity index (χ1) is 9.97. The predicted octanol–water partition coefficient (Wildman–Crippen LogP) is 2.93. The summed E-state index contributed by atoms with van der Waals surface area (Å²) in [6.45, 7) is 8.92. The highest BCUT2D eigenvalue weighted by Crippen LogP contribution is 2.24. The Morgan fingerprint density at radius 3 is 2.67 bits per heavy atom. The fourth-order valence-electron chi connectivity index (χ4n) is 2.19. The molecule has 0 aliphatic rings. The first kappa shape index (κ1) is 15.6. The van der Waals surface area contributed by atoms with Gasteiger partial charge in [-0.3, -0.25) is 0 Å². The van der Waals surface area contributed by atoms with Crippen LogP contribution in [0.3, 0.4) is 0 Å². The lowest BCUT2D eigenvalue weighted by molar-refractivity contribution is 0.0521. The summed E-state index contributed by atoms with van der Waals surface area (Å²) in [6, 6.07) is 2.16. The zero-order valence-electron chi connectivity index (χ0n) is 12.9.